The van der Waals surface area contributed by atoms with Gasteiger partial charge in [-0.2, -0.15) is 0 Å². The van der Waals surface area contributed by atoms with Crippen molar-refractivity contribution in [1.29, 1.82) is 0 Å². The molecule has 0 atom stereocenters. The zero-order chi connectivity index (χ0) is 15.4. The average Bonchev–Trinajstić information content (AvgIpc) is 2.43. The number of aromatic carboxylic acids is 1. The molecular weight excluding hydrogens is 292 g/mol. The number of carboxylic acid groups (broad SMARTS) is 1. The minimum absolute atomic E-state index is 0.00222. The van der Waals surface area contributed by atoms with E-state index in [0.717, 1.165) is 5.56 Å². The summed E-state index contributed by atoms with van der Waals surface area (Å²) in [7, 11) is 0. The van der Waals surface area contributed by atoms with Crippen LogP contribution in [0.1, 0.15) is 15.9 Å². The van der Waals surface area contributed by atoms with Crippen LogP contribution in [0.3, 0.4) is 0 Å². The maximum atomic E-state index is 11.9. The molecule has 2 aromatic carbocycles. The van der Waals surface area contributed by atoms with E-state index in [0.29, 0.717) is 16.4 Å². The van der Waals surface area contributed by atoms with Crippen LogP contribution in [-0.4, -0.2) is 12.0 Å². The average molecular weight is 304 g/mol. The molecule has 0 aliphatic carbocycles. The molecule has 2 amide bonds. The molecule has 0 bridgehead atoms. The summed E-state index contributed by atoms with van der Waals surface area (Å²) in [4.78, 5) is 22.7. The lowest BCUT2D eigenvalue weighted by molar-refractivity contribution is -0.255. The number of nitrogens with one attached hydrogen (secondary N) is 2. The predicted molar refractivity (Wildman–Crippen MR) is 79.6 cm³/mol. The van der Waals surface area contributed by atoms with Gasteiger partial charge in [-0.3, -0.25) is 0 Å². The van der Waals surface area contributed by atoms with Crippen molar-refractivity contribution in [3.05, 3.63) is 58.6 Å². The second-order valence-corrected chi connectivity index (χ2v) is 4.84. The summed E-state index contributed by atoms with van der Waals surface area (Å²) in [6.07, 6.45) is 0. The summed E-state index contributed by atoms with van der Waals surface area (Å²) in [5, 5.41) is 16.6. The summed E-state index contributed by atoms with van der Waals surface area (Å²) in [6, 6.07) is 10.5. The molecule has 0 saturated carbocycles. The molecule has 0 unspecified atom stereocenters. The van der Waals surface area contributed by atoms with Gasteiger partial charge in [0.15, 0.2) is 0 Å². The van der Waals surface area contributed by atoms with E-state index in [1.807, 2.05) is 0 Å². The summed E-state index contributed by atoms with van der Waals surface area (Å²) in [5.74, 6) is -1.30. The van der Waals surface area contributed by atoms with Crippen molar-refractivity contribution in [2.45, 2.75) is 6.92 Å². The second kappa shape index (κ2) is 6.28. The number of carbonyl (C=O) groups is 2. The van der Waals surface area contributed by atoms with Crippen LogP contribution in [0, 0.1) is 6.92 Å². The quantitative estimate of drug-likeness (QED) is 0.914. The van der Waals surface area contributed by atoms with Crippen LogP contribution in [0.5, 0.6) is 0 Å². The number of benzene rings is 2. The molecule has 6 heteroatoms. The maximum Gasteiger partial charge on any atom is 0.323 e. The summed E-state index contributed by atoms with van der Waals surface area (Å²) in [5.41, 5.74) is 1.72. The number of halogens is 1. The van der Waals surface area contributed by atoms with Gasteiger partial charge in [-0.15, -0.1) is 0 Å². The molecule has 0 spiro atoms. The summed E-state index contributed by atoms with van der Waals surface area (Å²) in [6.45, 7) is 1.76. The Hall–Kier alpha value is -2.53. The summed E-state index contributed by atoms with van der Waals surface area (Å²) >= 11 is 5.76. The van der Waals surface area contributed by atoms with Gasteiger partial charge in [0.1, 0.15) is 0 Å². The Morgan fingerprint density at radius 3 is 2.33 bits per heavy atom. The van der Waals surface area contributed by atoms with Crippen LogP contribution < -0.4 is 15.7 Å². The minimum atomic E-state index is -1.30. The van der Waals surface area contributed by atoms with Gasteiger partial charge in [0, 0.05) is 16.4 Å². The molecule has 0 aliphatic rings. The number of urea groups is 1. The first-order valence-electron chi connectivity index (χ1n) is 6.11. The van der Waals surface area contributed by atoms with Crippen LogP contribution in [0.15, 0.2) is 42.5 Å². The maximum absolute atomic E-state index is 11.9. The number of carbonyl (C=O) groups excluding carboxylic acids is 2. The Morgan fingerprint density at radius 2 is 1.71 bits per heavy atom. The molecule has 2 N–H and O–H groups in total. The highest BCUT2D eigenvalue weighted by Crippen LogP contribution is 2.18. The van der Waals surface area contributed by atoms with Crippen molar-refractivity contribution in [2.24, 2.45) is 0 Å². The van der Waals surface area contributed by atoms with Gasteiger partial charge in [0.05, 0.1) is 5.97 Å². The molecule has 21 heavy (non-hydrogen) atoms. The summed E-state index contributed by atoms with van der Waals surface area (Å²) < 4.78 is 0. The Kier molecular flexibility index (Phi) is 4.45. The van der Waals surface area contributed by atoms with Crippen LogP contribution >= 0.6 is 11.6 Å². The molecule has 2 aromatic rings. The van der Waals surface area contributed by atoms with Crippen LogP contribution in [0.2, 0.25) is 5.02 Å². The van der Waals surface area contributed by atoms with Gasteiger partial charge in [-0.25, -0.2) is 4.79 Å². The molecule has 0 saturated heterocycles. The molecule has 0 fully saturated rings. The van der Waals surface area contributed by atoms with Crippen molar-refractivity contribution in [2.75, 3.05) is 10.6 Å². The molecular formula is C15H12ClN2O3-. The SMILES string of the molecule is Cc1ccc(C(=O)[O-])cc1NC(=O)Nc1ccc(Cl)cc1. The van der Waals surface area contributed by atoms with E-state index in [1.54, 1.807) is 37.3 Å². The largest absolute Gasteiger partial charge is 0.545 e. The van der Waals surface area contributed by atoms with E-state index in [-0.39, 0.29) is 5.56 Å². The Balaban J connectivity index is 2.10. The molecule has 0 aromatic heterocycles. The lowest BCUT2D eigenvalue weighted by Crippen LogP contribution is -2.23. The fourth-order valence-corrected chi connectivity index (χ4v) is 1.83. The second-order valence-electron chi connectivity index (χ2n) is 4.40. The third kappa shape index (κ3) is 3.97. The standard InChI is InChI=1S/C15H13ClN2O3/c1-9-2-3-10(14(19)20)8-13(9)18-15(21)17-12-6-4-11(16)5-7-12/h2-8H,1H3,(H,19,20)(H2,17,18,21)/p-1. The molecule has 2 rings (SSSR count). The first kappa shape index (κ1) is 14.9. The van der Waals surface area contributed by atoms with Crippen LogP contribution in [0.25, 0.3) is 0 Å². The van der Waals surface area contributed by atoms with Crippen molar-refractivity contribution in [3.63, 3.8) is 0 Å². The van der Waals surface area contributed by atoms with E-state index < -0.39 is 12.0 Å². The highest BCUT2D eigenvalue weighted by Gasteiger charge is 2.06. The normalized spacial score (nSPS) is 10.0. The fraction of sp³-hybridized carbons (Fsp3) is 0.0667. The Labute approximate surface area is 126 Å². The van der Waals surface area contributed by atoms with Gasteiger partial charge in [-0.1, -0.05) is 23.7 Å². The van der Waals surface area contributed by atoms with Crippen molar-refractivity contribution < 1.29 is 14.7 Å². The smallest absolute Gasteiger partial charge is 0.323 e. The molecule has 108 valence electrons. The van der Waals surface area contributed by atoms with E-state index in [2.05, 4.69) is 10.6 Å². The van der Waals surface area contributed by atoms with Gasteiger partial charge >= 0.3 is 6.03 Å². The van der Waals surface area contributed by atoms with Gasteiger partial charge < -0.3 is 20.5 Å². The Morgan fingerprint density at radius 1 is 1.05 bits per heavy atom. The highest BCUT2D eigenvalue weighted by atomic mass is 35.5. The van der Waals surface area contributed by atoms with Gasteiger partial charge in [0.25, 0.3) is 0 Å². The minimum Gasteiger partial charge on any atom is -0.545 e. The van der Waals surface area contributed by atoms with Gasteiger partial charge in [-0.05, 0) is 48.4 Å². The van der Waals surface area contributed by atoms with Gasteiger partial charge in [0.2, 0.25) is 0 Å². The van der Waals surface area contributed by atoms with E-state index in [9.17, 15) is 14.7 Å². The molecule has 0 aliphatic heterocycles. The lowest BCUT2D eigenvalue weighted by atomic mass is 10.1. The molecule has 5 nitrogen and oxygen atoms in total. The number of carboxylic acids is 1. The number of amides is 2. The lowest BCUT2D eigenvalue weighted by Gasteiger charge is -2.12. The fourth-order valence-electron chi connectivity index (χ4n) is 1.70. The third-order valence-electron chi connectivity index (χ3n) is 2.82. The number of rotatable bonds is 3. The van der Waals surface area contributed by atoms with Crippen molar-refractivity contribution >= 4 is 35.0 Å². The number of hydrogen-bond acceptors (Lipinski definition) is 3. The zero-order valence-electron chi connectivity index (χ0n) is 11.1. The molecule has 0 heterocycles. The van der Waals surface area contributed by atoms with Crippen molar-refractivity contribution in [1.82, 2.24) is 0 Å². The first-order chi connectivity index (χ1) is 9.95. The van der Waals surface area contributed by atoms with E-state index in [1.165, 1.54) is 12.1 Å². The van der Waals surface area contributed by atoms with Crippen molar-refractivity contribution in [3.8, 4) is 0 Å². The van der Waals surface area contributed by atoms with E-state index in [4.69, 9.17) is 11.6 Å². The topological polar surface area (TPSA) is 81.3 Å². The predicted octanol–water partition coefficient (Wildman–Crippen LogP) is 2.66. The van der Waals surface area contributed by atoms with Crippen LogP contribution in [0.4, 0.5) is 16.2 Å². The highest BCUT2D eigenvalue weighted by molar-refractivity contribution is 6.30. The first-order valence-corrected chi connectivity index (χ1v) is 6.49. The number of anilines is 2. The Bertz CT molecular complexity index is 684. The number of hydrogen-bond donors (Lipinski definition) is 2. The number of aryl methyl sites for hydroxylation is 1. The molecule has 0 radical (unpaired) electrons. The third-order valence-corrected chi connectivity index (χ3v) is 3.08. The monoisotopic (exact) mass is 303 g/mol. The van der Waals surface area contributed by atoms with E-state index >= 15 is 0 Å². The van der Waals surface area contributed by atoms with Crippen LogP contribution in [-0.2, 0) is 0 Å². The zero-order valence-corrected chi connectivity index (χ0v) is 11.9.